The molecule has 44 heavy (non-hydrogen) atoms. The molecular formula is C28H14N2Na2O8S4. The van der Waals surface area contributed by atoms with Crippen molar-refractivity contribution in [2.75, 3.05) is 0 Å². The molecular weight excluding hydrogens is 667 g/mol. The first-order chi connectivity index (χ1) is 20.1. The molecule has 7 rings (SSSR count). The van der Waals surface area contributed by atoms with Crippen molar-refractivity contribution in [3.05, 3.63) is 84.9 Å². The number of fused-ring (bicyclic) bond motifs is 6. The molecule has 5 aromatic carbocycles. The summed E-state index contributed by atoms with van der Waals surface area (Å²) >= 11 is 2.36. The fraction of sp³-hybridized carbons (Fsp3) is 0. The van der Waals surface area contributed by atoms with E-state index in [4.69, 9.17) is 8.37 Å². The summed E-state index contributed by atoms with van der Waals surface area (Å²) in [5.41, 5.74) is 2.43. The van der Waals surface area contributed by atoms with Gasteiger partial charge in [0, 0.05) is 32.7 Å². The average Bonchev–Trinajstić information content (AvgIpc) is 3.59. The molecule has 0 N–H and O–H groups in total. The van der Waals surface area contributed by atoms with Gasteiger partial charge in [0.25, 0.3) is 20.8 Å². The maximum atomic E-state index is 12.0. The van der Waals surface area contributed by atoms with Crippen molar-refractivity contribution in [2.24, 2.45) is 0 Å². The largest absolute Gasteiger partial charge is 1.00 e. The molecule has 2 aromatic heterocycles. The van der Waals surface area contributed by atoms with Crippen molar-refractivity contribution in [3.63, 3.8) is 0 Å². The van der Waals surface area contributed by atoms with Crippen molar-refractivity contribution >= 4 is 85.4 Å². The molecule has 0 fully saturated rings. The molecule has 2 heterocycles. The van der Waals surface area contributed by atoms with E-state index < -0.39 is 20.8 Å². The Morgan fingerprint density at radius 1 is 0.545 bits per heavy atom. The Hall–Kier alpha value is -2.18. The van der Waals surface area contributed by atoms with Gasteiger partial charge in [0.05, 0.1) is 20.4 Å². The van der Waals surface area contributed by atoms with Crippen LogP contribution in [0.3, 0.4) is 0 Å². The van der Waals surface area contributed by atoms with E-state index in [0.29, 0.717) is 30.4 Å². The van der Waals surface area contributed by atoms with Crippen LogP contribution in [0.1, 0.15) is 0 Å². The van der Waals surface area contributed by atoms with E-state index in [1.807, 2.05) is 60.7 Å². The monoisotopic (exact) mass is 680 g/mol. The normalized spacial score (nSPS) is 11.9. The van der Waals surface area contributed by atoms with E-state index in [1.54, 1.807) is 12.1 Å². The van der Waals surface area contributed by atoms with Gasteiger partial charge in [-0.3, -0.25) is 0 Å². The van der Waals surface area contributed by atoms with E-state index >= 15 is 0 Å². The van der Waals surface area contributed by atoms with Crippen molar-refractivity contribution in [1.82, 2.24) is 9.97 Å². The molecule has 16 heteroatoms. The second kappa shape index (κ2) is 12.5. The minimum atomic E-state index is -5.31. The van der Waals surface area contributed by atoms with E-state index in [1.165, 1.54) is 34.8 Å². The summed E-state index contributed by atoms with van der Waals surface area (Å²) in [6.07, 6.45) is 0. The zero-order valence-electron chi connectivity index (χ0n) is 22.9. The van der Waals surface area contributed by atoms with Crippen LogP contribution in [0.15, 0.2) is 84.9 Å². The zero-order chi connectivity index (χ0) is 29.2. The molecule has 0 unspecified atom stereocenters. The molecule has 0 aliphatic heterocycles. The van der Waals surface area contributed by atoms with Crippen molar-refractivity contribution < 1.29 is 93.4 Å². The molecule has 0 aliphatic carbocycles. The van der Waals surface area contributed by atoms with Crippen LogP contribution in [0.25, 0.3) is 63.1 Å². The Kier molecular flexibility index (Phi) is 9.47. The van der Waals surface area contributed by atoms with Gasteiger partial charge in [0.1, 0.15) is 10.0 Å². The Balaban J connectivity index is 0.00000192. The van der Waals surface area contributed by atoms with E-state index in [0.717, 1.165) is 11.1 Å². The summed E-state index contributed by atoms with van der Waals surface area (Å²) in [5, 5.41) is 1.36. The van der Waals surface area contributed by atoms with Gasteiger partial charge >= 0.3 is 59.1 Å². The maximum absolute atomic E-state index is 12.0. The molecule has 0 radical (unpaired) electrons. The average molecular weight is 681 g/mol. The topological polar surface area (TPSA) is 159 Å². The van der Waals surface area contributed by atoms with Gasteiger partial charge in [0.2, 0.25) is 0 Å². The van der Waals surface area contributed by atoms with Gasteiger partial charge in [-0.2, -0.15) is 0 Å². The number of rotatable bonds is 6. The third kappa shape index (κ3) is 6.27. The Morgan fingerprint density at radius 3 is 1.25 bits per heavy atom. The second-order valence-corrected chi connectivity index (χ2v) is 13.0. The van der Waals surface area contributed by atoms with Crippen LogP contribution in [-0.4, -0.2) is 35.9 Å². The van der Waals surface area contributed by atoms with Gasteiger partial charge in [0.15, 0.2) is 11.5 Å². The first-order valence-corrected chi connectivity index (χ1v) is 16.4. The maximum Gasteiger partial charge on any atom is 1.00 e. The summed E-state index contributed by atoms with van der Waals surface area (Å²) in [6, 6.07) is 24.5. The standard InChI is InChI=1S/C28H16N2O8S4.2Na/c31-41(32,33)37-23-18-12-14-20-26(40-28(30-20)16-9-5-2-6-10-16)22(18)24(38-42(34,35)36)17-11-13-19-25(21(17)23)39-27(29-19)15-7-3-1-4-8-15;;/h1-14H,(H,31,32,33)(H,34,35,36);;/q;2*+1/p-2. The third-order valence-corrected chi connectivity index (χ3v) is 9.49. The van der Waals surface area contributed by atoms with Crippen molar-refractivity contribution in [1.29, 1.82) is 0 Å². The number of aromatic nitrogens is 2. The summed E-state index contributed by atoms with van der Waals surface area (Å²) < 4.78 is 83.2. The van der Waals surface area contributed by atoms with Crippen LogP contribution in [0, 0.1) is 0 Å². The Bertz CT molecular complexity index is 2250. The molecule has 0 aliphatic rings. The number of nitrogens with zero attached hydrogens (tertiary/aromatic N) is 2. The number of hydrogen-bond donors (Lipinski definition) is 0. The molecule has 0 bridgehead atoms. The van der Waals surface area contributed by atoms with Gasteiger partial charge in [-0.15, -0.1) is 22.7 Å². The number of hydrogen-bond acceptors (Lipinski definition) is 12. The first kappa shape index (κ1) is 33.2. The summed E-state index contributed by atoms with van der Waals surface area (Å²) in [6.45, 7) is 0. The van der Waals surface area contributed by atoms with Gasteiger partial charge in [-0.1, -0.05) is 60.7 Å². The molecule has 0 spiro atoms. The van der Waals surface area contributed by atoms with Crippen molar-refractivity contribution in [2.45, 2.75) is 0 Å². The molecule has 0 saturated carbocycles. The Morgan fingerprint density at radius 2 is 0.909 bits per heavy atom. The van der Waals surface area contributed by atoms with Gasteiger partial charge in [-0.05, 0) is 24.3 Å². The Labute approximate surface area is 303 Å². The quantitative estimate of drug-likeness (QED) is 0.103. The van der Waals surface area contributed by atoms with E-state index in [2.05, 4.69) is 9.97 Å². The molecule has 7 aromatic rings. The molecule has 0 amide bonds. The summed E-state index contributed by atoms with van der Waals surface area (Å²) in [4.78, 5) is 9.30. The zero-order valence-corrected chi connectivity index (χ0v) is 30.1. The smallest absolute Gasteiger partial charge is 0.716 e. The van der Waals surface area contributed by atoms with Gasteiger partial charge in [-0.25, -0.2) is 26.8 Å². The number of thiazole rings is 2. The van der Waals surface area contributed by atoms with Crippen LogP contribution >= 0.6 is 22.7 Å². The predicted molar refractivity (Wildman–Crippen MR) is 159 cm³/mol. The minimum Gasteiger partial charge on any atom is -0.716 e. The second-order valence-electron chi connectivity index (χ2n) is 9.08. The fourth-order valence-corrected chi connectivity index (χ4v) is 7.85. The minimum absolute atomic E-state index is 0. The summed E-state index contributed by atoms with van der Waals surface area (Å²) in [7, 11) is -10.6. The van der Waals surface area contributed by atoms with E-state index in [9.17, 15) is 25.9 Å². The SMILES string of the molecule is O=S(=O)([O-])Oc1c2ccc3nc(-c4ccccc4)sc3c2c(OS(=O)(=O)[O-])c2ccc3nc(-c4ccccc4)sc3c12.[Na+].[Na+]. The molecule has 210 valence electrons. The molecule has 0 atom stereocenters. The fourth-order valence-electron chi connectivity index (χ4n) is 4.87. The number of benzene rings is 5. The van der Waals surface area contributed by atoms with Crippen molar-refractivity contribution in [3.8, 4) is 32.6 Å². The van der Waals surface area contributed by atoms with Gasteiger partial charge < -0.3 is 17.5 Å². The van der Waals surface area contributed by atoms with Crippen LogP contribution < -0.4 is 67.5 Å². The van der Waals surface area contributed by atoms with Crippen LogP contribution in [0.4, 0.5) is 0 Å². The predicted octanol–water partition coefficient (Wildman–Crippen LogP) is 0.232. The van der Waals surface area contributed by atoms with E-state index in [-0.39, 0.29) is 92.2 Å². The van der Waals surface area contributed by atoms with Crippen LogP contribution in [-0.2, 0) is 20.8 Å². The molecule has 10 nitrogen and oxygen atoms in total. The first-order valence-electron chi connectivity index (χ1n) is 12.1. The van der Waals surface area contributed by atoms with Crippen LogP contribution in [0.2, 0.25) is 0 Å². The summed E-state index contributed by atoms with van der Waals surface area (Å²) in [5.74, 6) is -0.674. The van der Waals surface area contributed by atoms with Crippen LogP contribution in [0.5, 0.6) is 11.5 Å². The molecule has 0 saturated heterocycles. The third-order valence-electron chi connectivity index (χ3n) is 6.47.